The van der Waals surface area contributed by atoms with Crippen LogP contribution in [0.4, 0.5) is 4.79 Å². The third kappa shape index (κ3) is 3.80. The molecule has 1 aliphatic heterocycles. The molecule has 2 atom stereocenters. The molecule has 2 rings (SSSR count). The van der Waals surface area contributed by atoms with Crippen molar-refractivity contribution in [3.05, 3.63) is 35.9 Å². The van der Waals surface area contributed by atoms with Crippen molar-refractivity contribution in [3.8, 4) is 0 Å². The molecular formula is C18H27NO3. The summed E-state index contributed by atoms with van der Waals surface area (Å²) in [5.74, 6) is 0. The van der Waals surface area contributed by atoms with Crippen LogP contribution in [-0.4, -0.2) is 34.3 Å². The van der Waals surface area contributed by atoms with Gasteiger partial charge in [0.1, 0.15) is 11.2 Å². The molecule has 22 heavy (non-hydrogen) atoms. The summed E-state index contributed by atoms with van der Waals surface area (Å²) in [6.45, 7) is 8.00. The van der Waals surface area contributed by atoms with Crippen LogP contribution in [0.15, 0.2) is 30.3 Å². The van der Waals surface area contributed by atoms with Gasteiger partial charge in [0, 0.05) is 6.54 Å². The number of hydrogen-bond donors (Lipinski definition) is 1. The zero-order chi connectivity index (χ0) is 16.4. The third-order valence-electron chi connectivity index (χ3n) is 4.14. The quantitative estimate of drug-likeness (QED) is 0.906. The lowest BCUT2D eigenvalue weighted by molar-refractivity contribution is -0.0626. The van der Waals surface area contributed by atoms with Crippen molar-refractivity contribution in [1.82, 2.24) is 4.90 Å². The fourth-order valence-electron chi connectivity index (χ4n) is 3.02. The van der Waals surface area contributed by atoms with Gasteiger partial charge in [0.25, 0.3) is 0 Å². The fourth-order valence-corrected chi connectivity index (χ4v) is 3.02. The number of carbonyl (C=O) groups excluding carboxylic acids is 1. The molecule has 0 saturated carbocycles. The Morgan fingerprint density at radius 1 is 1.18 bits per heavy atom. The van der Waals surface area contributed by atoms with E-state index in [0.717, 1.165) is 24.8 Å². The van der Waals surface area contributed by atoms with Gasteiger partial charge in [-0.05, 0) is 52.5 Å². The van der Waals surface area contributed by atoms with Gasteiger partial charge >= 0.3 is 6.09 Å². The van der Waals surface area contributed by atoms with Crippen LogP contribution in [0.3, 0.4) is 0 Å². The predicted octanol–water partition coefficient (Wildman–Crippen LogP) is 3.68. The minimum absolute atomic E-state index is 0.265. The SMILES string of the molecule is CC(C)(C)OC(=O)N1CCCC[C@H]1[C@@](C)(O)c1ccccc1. The first-order valence-corrected chi connectivity index (χ1v) is 7.99. The number of carbonyl (C=O) groups is 1. The molecule has 122 valence electrons. The van der Waals surface area contributed by atoms with Crippen LogP contribution in [0, 0.1) is 0 Å². The minimum Gasteiger partial charge on any atom is -0.444 e. The zero-order valence-corrected chi connectivity index (χ0v) is 14.0. The molecule has 4 nitrogen and oxygen atoms in total. The van der Waals surface area contributed by atoms with Crippen molar-refractivity contribution in [2.45, 2.75) is 64.2 Å². The zero-order valence-electron chi connectivity index (χ0n) is 14.0. The highest BCUT2D eigenvalue weighted by atomic mass is 16.6. The topological polar surface area (TPSA) is 49.8 Å². The largest absolute Gasteiger partial charge is 0.444 e. The highest BCUT2D eigenvalue weighted by Crippen LogP contribution is 2.34. The average molecular weight is 305 g/mol. The first kappa shape index (κ1) is 16.8. The molecule has 4 heteroatoms. The Morgan fingerprint density at radius 3 is 2.41 bits per heavy atom. The Labute approximate surface area is 133 Å². The average Bonchev–Trinajstić information content (AvgIpc) is 2.46. The van der Waals surface area contributed by atoms with E-state index in [4.69, 9.17) is 4.74 Å². The number of hydrogen-bond acceptors (Lipinski definition) is 3. The van der Waals surface area contributed by atoms with E-state index in [2.05, 4.69) is 0 Å². The maximum atomic E-state index is 12.5. The number of rotatable bonds is 2. The number of nitrogens with zero attached hydrogens (tertiary/aromatic N) is 1. The van der Waals surface area contributed by atoms with Gasteiger partial charge in [-0.2, -0.15) is 0 Å². The molecule has 0 spiro atoms. The van der Waals surface area contributed by atoms with Gasteiger partial charge in [-0.15, -0.1) is 0 Å². The van der Waals surface area contributed by atoms with Crippen molar-refractivity contribution in [2.24, 2.45) is 0 Å². The van der Waals surface area contributed by atoms with Crippen molar-refractivity contribution in [3.63, 3.8) is 0 Å². The van der Waals surface area contributed by atoms with E-state index in [9.17, 15) is 9.90 Å². The van der Waals surface area contributed by atoms with E-state index in [1.165, 1.54) is 0 Å². The smallest absolute Gasteiger partial charge is 0.410 e. The van der Waals surface area contributed by atoms with Crippen molar-refractivity contribution in [1.29, 1.82) is 0 Å². The number of aliphatic hydroxyl groups is 1. The van der Waals surface area contributed by atoms with Gasteiger partial charge in [0.2, 0.25) is 0 Å². The van der Waals surface area contributed by atoms with E-state index >= 15 is 0 Å². The van der Waals surface area contributed by atoms with Crippen LogP contribution in [0.5, 0.6) is 0 Å². The number of ether oxygens (including phenoxy) is 1. The number of benzene rings is 1. The Morgan fingerprint density at radius 2 is 1.82 bits per heavy atom. The van der Waals surface area contributed by atoms with E-state index < -0.39 is 11.2 Å². The second kappa shape index (κ2) is 6.29. The molecule has 1 fully saturated rings. The molecule has 1 aliphatic rings. The van der Waals surface area contributed by atoms with Crippen LogP contribution in [0.1, 0.15) is 52.5 Å². The Kier molecular flexibility index (Phi) is 4.81. The number of likely N-dealkylation sites (tertiary alicyclic amines) is 1. The first-order valence-electron chi connectivity index (χ1n) is 7.99. The summed E-state index contributed by atoms with van der Waals surface area (Å²) < 4.78 is 5.51. The molecule has 1 saturated heterocycles. The van der Waals surface area contributed by atoms with Crippen LogP contribution >= 0.6 is 0 Å². The van der Waals surface area contributed by atoms with Gasteiger partial charge in [0.15, 0.2) is 0 Å². The lowest BCUT2D eigenvalue weighted by Crippen LogP contribution is -2.55. The molecular weight excluding hydrogens is 278 g/mol. The lowest BCUT2D eigenvalue weighted by atomic mass is 9.82. The van der Waals surface area contributed by atoms with Crippen LogP contribution in [-0.2, 0) is 10.3 Å². The van der Waals surface area contributed by atoms with E-state index in [-0.39, 0.29) is 12.1 Å². The second-order valence-electron chi connectivity index (χ2n) is 7.20. The lowest BCUT2D eigenvalue weighted by Gasteiger charge is -2.44. The maximum absolute atomic E-state index is 12.5. The van der Waals surface area contributed by atoms with E-state index in [1.54, 1.807) is 11.8 Å². The van der Waals surface area contributed by atoms with Crippen molar-refractivity contribution < 1.29 is 14.6 Å². The summed E-state index contributed by atoms with van der Waals surface area (Å²) >= 11 is 0. The maximum Gasteiger partial charge on any atom is 0.410 e. The van der Waals surface area contributed by atoms with Crippen molar-refractivity contribution in [2.75, 3.05) is 6.54 Å². The summed E-state index contributed by atoms with van der Waals surface area (Å²) in [5.41, 5.74) is -0.786. The highest BCUT2D eigenvalue weighted by Gasteiger charge is 2.42. The van der Waals surface area contributed by atoms with Gasteiger partial charge in [-0.25, -0.2) is 4.79 Å². The number of amides is 1. The van der Waals surface area contributed by atoms with Gasteiger partial charge in [-0.1, -0.05) is 30.3 Å². The molecule has 0 radical (unpaired) electrons. The molecule has 1 aromatic rings. The molecule has 0 aromatic heterocycles. The standard InChI is InChI=1S/C18H27NO3/c1-17(2,3)22-16(20)19-13-9-8-12-15(19)18(4,21)14-10-6-5-7-11-14/h5-7,10-11,15,21H,8-9,12-13H2,1-4H3/t15-,18-/m0/s1. The summed E-state index contributed by atoms with van der Waals surface area (Å²) in [5, 5.41) is 11.1. The summed E-state index contributed by atoms with van der Waals surface area (Å²) in [6.07, 6.45) is 2.39. The van der Waals surface area contributed by atoms with E-state index in [1.807, 2.05) is 51.1 Å². The highest BCUT2D eigenvalue weighted by molar-refractivity contribution is 5.69. The first-order chi connectivity index (χ1) is 10.2. The third-order valence-corrected chi connectivity index (χ3v) is 4.14. The molecule has 0 unspecified atom stereocenters. The number of piperidine rings is 1. The fraction of sp³-hybridized carbons (Fsp3) is 0.611. The van der Waals surface area contributed by atoms with Gasteiger partial charge in [0.05, 0.1) is 6.04 Å². The normalized spacial score (nSPS) is 22.0. The van der Waals surface area contributed by atoms with Crippen LogP contribution in [0.2, 0.25) is 0 Å². The van der Waals surface area contributed by atoms with E-state index in [0.29, 0.717) is 6.54 Å². The molecule has 0 aliphatic carbocycles. The minimum atomic E-state index is -1.08. The summed E-state index contributed by atoms with van der Waals surface area (Å²) in [4.78, 5) is 14.2. The van der Waals surface area contributed by atoms with Gasteiger partial charge in [-0.3, -0.25) is 0 Å². The molecule has 1 amide bonds. The molecule has 1 heterocycles. The summed E-state index contributed by atoms with van der Waals surface area (Å²) in [7, 11) is 0. The Balaban J connectivity index is 2.24. The second-order valence-corrected chi connectivity index (χ2v) is 7.20. The summed E-state index contributed by atoms with van der Waals surface area (Å²) in [6, 6.07) is 9.28. The van der Waals surface area contributed by atoms with Crippen LogP contribution in [0.25, 0.3) is 0 Å². The Hall–Kier alpha value is -1.55. The van der Waals surface area contributed by atoms with Gasteiger partial charge < -0.3 is 14.7 Å². The molecule has 1 aromatic carbocycles. The van der Waals surface area contributed by atoms with Crippen LogP contribution < -0.4 is 0 Å². The predicted molar refractivity (Wildman–Crippen MR) is 86.6 cm³/mol. The molecule has 0 bridgehead atoms. The Bertz CT molecular complexity index is 505. The van der Waals surface area contributed by atoms with Crippen molar-refractivity contribution >= 4 is 6.09 Å². The molecule has 1 N–H and O–H groups in total. The monoisotopic (exact) mass is 305 g/mol.